The maximum atomic E-state index is 13.3. The van der Waals surface area contributed by atoms with Gasteiger partial charge in [0, 0.05) is 5.56 Å². The van der Waals surface area contributed by atoms with Crippen LogP contribution in [0.25, 0.3) is 11.3 Å². The topological polar surface area (TPSA) is 138 Å². The number of nitrogens with one attached hydrogen (secondary N) is 2. The van der Waals surface area contributed by atoms with E-state index >= 15 is 0 Å². The van der Waals surface area contributed by atoms with E-state index in [1.54, 1.807) is 30.3 Å². The normalized spacial score (nSPS) is 12.2. The van der Waals surface area contributed by atoms with Crippen LogP contribution in [0, 0.1) is 5.92 Å². The molecule has 0 bridgehead atoms. The fourth-order valence-electron chi connectivity index (χ4n) is 4.69. The van der Waals surface area contributed by atoms with Gasteiger partial charge in [-0.2, -0.15) is 0 Å². The highest BCUT2D eigenvalue weighted by molar-refractivity contribution is 5.92. The molecule has 3 amide bonds. The summed E-state index contributed by atoms with van der Waals surface area (Å²) in [6, 6.07) is 19.0. The second-order valence-corrected chi connectivity index (χ2v) is 9.96. The molecule has 0 saturated carbocycles. The molecule has 0 saturated heterocycles. The minimum atomic E-state index is -0.915. The highest BCUT2D eigenvalue weighted by Crippen LogP contribution is 2.24. The number of unbranched alkanes of at least 4 members (excludes halogenated alkanes) is 2. The molecule has 3 aromatic rings. The molecule has 1 aromatic heterocycles. The molecule has 42 heavy (non-hydrogen) atoms. The molecule has 3 N–H and O–H groups in total. The van der Waals surface area contributed by atoms with Crippen molar-refractivity contribution in [2.24, 2.45) is 5.92 Å². The van der Waals surface area contributed by atoms with Crippen molar-refractivity contribution in [1.29, 1.82) is 0 Å². The number of rotatable bonds is 18. The van der Waals surface area contributed by atoms with Crippen molar-refractivity contribution in [1.82, 2.24) is 15.7 Å². The van der Waals surface area contributed by atoms with Crippen molar-refractivity contribution >= 4 is 24.2 Å². The van der Waals surface area contributed by atoms with Gasteiger partial charge in [0.25, 0.3) is 5.91 Å². The molecule has 0 aliphatic carbocycles. The Labute approximate surface area is 246 Å². The first-order valence-electron chi connectivity index (χ1n) is 14.2. The van der Waals surface area contributed by atoms with E-state index in [0.717, 1.165) is 24.8 Å². The second-order valence-electron chi connectivity index (χ2n) is 9.96. The fourth-order valence-corrected chi connectivity index (χ4v) is 4.69. The van der Waals surface area contributed by atoms with Crippen LogP contribution in [0.2, 0.25) is 0 Å². The van der Waals surface area contributed by atoms with Crippen LogP contribution >= 0.6 is 0 Å². The molecule has 0 radical (unpaired) electrons. The van der Waals surface area contributed by atoms with E-state index in [1.165, 1.54) is 11.1 Å². The van der Waals surface area contributed by atoms with E-state index in [0.29, 0.717) is 36.1 Å². The predicted octanol–water partition coefficient (Wildman–Crippen LogP) is 4.94. The first kappa shape index (κ1) is 32.1. The Morgan fingerprint density at radius 2 is 1.69 bits per heavy atom. The Morgan fingerprint density at radius 3 is 2.33 bits per heavy atom. The van der Waals surface area contributed by atoms with Crippen molar-refractivity contribution in [3.8, 4) is 11.3 Å². The van der Waals surface area contributed by atoms with E-state index < -0.39 is 23.8 Å². The van der Waals surface area contributed by atoms with Crippen LogP contribution in [0.3, 0.4) is 0 Å². The van der Waals surface area contributed by atoms with Gasteiger partial charge in [0.2, 0.25) is 12.3 Å². The number of carbonyl (C=O) groups excluding carboxylic acids is 3. The summed E-state index contributed by atoms with van der Waals surface area (Å²) in [5.74, 6) is -1.70. The zero-order valence-electron chi connectivity index (χ0n) is 24.1. The Kier molecular flexibility index (Phi) is 12.8. The third-order valence-corrected chi connectivity index (χ3v) is 6.93. The summed E-state index contributed by atoms with van der Waals surface area (Å²) in [4.78, 5) is 54.7. The quantitative estimate of drug-likeness (QED) is 0.0842. The maximum Gasteiger partial charge on any atom is 0.307 e. The van der Waals surface area contributed by atoms with Crippen LogP contribution in [-0.4, -0.2) is 47.1 Å². The molecule has 224 valence electrons. The lowest BCUT2D eigenvalue weighted by molar-refractivity contribution is -0.200. The van der Waals surface area contributed by atoms with Crippen molar-refractivity contribution in [2.75, 3.05) is 6.67 Å². The first-order valence-corrected chi connectivity index (χ1v) is 14.2. The molecule has 1 heterocycles. The number of nitrogens with zero attached hydrogens (tertiary/aromatic N) is 1. The van der Waals surface area contributed by atoms with E-state index in [2.05, 4.69) is 17.6 Å². The zero-order valence-corrected chi connectivity index (χ0v) is 24.1. The van der Waals surface area contributed by atoms with Gasteiger partial charge in [0.1, 0.15) is 12.4 Å². The third kappa shape index (κ3) is 9.59. The van der Waals surface area contributed by atoms with Gasteiger partial charge in [-0.1, -0.05) is 87.7 Å². The van der Waals surface area contributed by atoms with Gasteiger partial charge in [-0.05, 0) is 36.1 Å². The predicted molar refractivity (Wildman–Crippen MR) is 157 cm³/mol. The minimum absolute atomic E-state index is 0.0706. The first-order chi connectivity index (χ1) is 20.4. The molecule has 0 aliphatic heterocycles. The average molecular weight is 578 g/mol. The van der Waals surface area contributed by atoms with Crippen molar-refractivity contribution in [3.05, 3.63) is 83.6 Å². The largest absolute Gasteiger partial charge is 0.481 e. The van der Waals surface area contributed by atoms with Crippen LogP contribution in [0.1, 0.15) is 67.6 Å². The van der Waals surface area contributed by atoms with Crippen LogP contribution in [0.5, 0.6) is 0 Å². The minimum Gasteiger partial charge on any atom is -0.481 e. The van der Waals surface area contributed by atoms with E-state index in [4.69, 9.17) is 14.4 Å². The van der Waals surface area contributed by atoms with Crippen molar-refractivity contribution < 1.29 is 33.5 Å². The number of hydrogen-bond donors (Lipinski definition) is 3. The van der Waals surface area contributed by atoms with E-state index in [9.17, 15) is 19.2 Å². The monoisotopic (exact) mass is 577 g/mol. The van der Waals surface area contributed by atoms with Crippen LogP contribution in [0.15, 0.2) is 71.1 Å². The van der Waals surface area contributed by atoms with Gasteiger partial charge in [-0.25, -0.2) is 5.06 Å². The molecule has 0 aliphatic rings. The van der Waals surface area contributed by atoms with E-state index in [1.807, 2.05) is 37.3 Å². The second kappa shape index (κ2) is 16.7. The number of carbonyl (C=O) groups is 4. The molecule has 0 fully saturated rings. The number of furan rings is 1. The summed E-state index contributed by atoms with van der Waals surface area (Å²) in [6.45, 7) is 4.07. The molecule has 2 atom stereocenters. The van der Waals surface area contributed by atoms with E-state index in [-0.39, 0.29) is 31.4 Å². The molecular formula is C32H39N3O7. The molecule has 10 heteroatoms. The Bertz CT molecular complexity index is 1290. The standard InChI is InChI=1S/C32H39N3O7/c1-3-5-7-12-26(27(4-2)35(22-36)41-20-24-10-8-6-9-11-24)31(39)33-21-34-32(40)29-18-17-28(42-29)25-15-13-23(14-16-25)19-30(37)38/h6,8-11,13-18,22,26-27H,3-5,7,12,19-21H2,1-2H3,(H,33,39)(H,34,40)(H,37,38). The number of benzene rings is 2. The number of hydrogen-bond acceptors (Lipinski definition) is 6. The highest BCUT2D eigenvalue weighted by atomic mass is 16.7. The maximum absolute atomic E-state index is 13.3. The molecule has 0 spiro atoms. The number of carboxylic acids is 1. The van der Waals surface area contributed by atoms with Crippen LogP contribution < -0.4 is 10.6 Å². The van der Waals surface area contributed by atoms with Crippen molar-refractivity contribution in [2.45, 2.75) is 65.0 Å². The van der Waals surface area contributed by atoms with Gasteiger partial charge >= 0.3 is 5.97 Å². The summed E-state index contributed by atoms with van der Waals surface area (Å²) < 4.78 is 5.68. The smallest absolute Gasteiger partial charge is 0.307 e. The number of amides is 3. The number of hydroxylamine groups is 2. The lowest BCUT2D eigenvalue weighted by atomic mass is 9.90. The summed E-state index contributed by atoms with van der Waals surface area (Å²) >= 11 is 0. The molecule has 10 nitrogen and oxygen atoms in total. The van der Waals surface area contributed by atoms with Gasteiger partial charge < -0.3 is 20.2 Å². The lowest BCUT2D eigenvalue weighted by Gasteiger charge is -2.32. The summed E-state index contributed by atoms with van der Waals surface area (Å²) in [7, 11) is 0. The van der Waals surface area contributed by atoms with Gasteiger partial charge in [-0.15, -0.1) is 0 Å². The summed E-state index contributed by atoms with van der Waals surface area (Å²) in [5, 5.41) is 15.6. The Morgan fingerprint density at radius 1 is 0.952 bits per heavy atom. The van der Waals surface area contributed by atoms with Gasteiger partial charge in [-0.3, -0.25) is 24.0 Å². The summed E-state index contributed by atoms with van der Waals surface area (Å²) in [6.07, 6.45) is 4.37. The Hall–Kier alpha value is -4.44. The molecule has 2 aromatic carbocycles. The van der Waals surface area contributed by atoms with Gasteiger partial charge in [0.05, 0.1) is 25.0 Å². The highest BCUT2D eigenvalue weighted by Gasteiger charge is 2.32. The average Bonchev–Trinajstić information content (AvgIpc) is 3.49. The lowest BCUT2D eigenvalue weighted by Crippen LogP contribution is -2.48. The zero-order chi connectivity index (χ0) is 30.3. The molecule has 2 unspecified atom stereocenters. The number of carboxylic acid groups (broad SMARTS) is 1. The molecule has 3 rings (SSSR count). The molecular weight excluding hydrogens is 538 g/mol. The fraction of sp³-hybridized carbons (Fsp3) is 0.375. The summed E-state index contributed by atoms with van der Waals surface area (Å²) in [5.41, 5.74) is 2.26. The van der Waals surface area contributed by atoms with Crippen LogP contribution in [0.4, 0.5) is 0 Å². The van der Waals surface area contributed by atoms with Crippen molar-refractivity contribution in [3.63, 3.8) is 0 Å². The number of aliphatic carboxylic acids is 1. The van der Waals surface area contributed by atoms with Gasteiger partial charge in [0.15, 0.2) is 5.76 Å². The third-order valence-electron chi connectivity index (χ3n) is 6.93. The Balaban J connectivity index is 1.59. The van der Waals surface area contributed by atoms with Crippen LogP contribution in [-0.2, 0) is 32.2 Å². The SMILES string of the molecule is CCCCCC(C(=O)NCNC(=O)c1ccc(-c2ccc(CC(=O)O)cc2)o1)C(CC)N(C=O)OCc1ccccc1.